The van der Waals surface area contributed by atoms with Crippen LogP contribution in [-0.4, -0.2) is 10.1 Å². The second kappa shape index (κ2) is 4.37. The van der Waals surface area contributed by atoms with Gasteiger partial charge in [-0.3, -0.25) is 4.98 Å². The van der Waals surface area contributed by atoms with Crippen LogP contribution in [0.4, 0.5) is 0 Å². The third-order valence-electron chi connectivity index (χ3n) is 2.74. The number of nitrogens with zero attached hydrogens (tertiary/aromatic N) is 1. The van der Waals surface area contributed by atoms with Gasteiger partial charge >= 0.3 is 0 Å². The lowest BCUT2D eigenvalue weighted by atomic mass is 10.0. The first-order valence-electron chi connectivity index (χ1n) is 5.61. The first kappa shape index (κ1) is 10.6. The molecule has 3 heteroatoms. The minimum Gasteiger partial charge on any atom is -0.508 e. The van der Waals surface area contributed by atoms with Gasteiger partial charge in [-0.05, 0) is 53.6 Å². The zero-order chi connectivity index (χ0) is 12.4. The molecule has 2 aromatic heterocycles. The van der Waals surface area contributed by atoms with E-state index >= 15 is 0 Å². The molecular formula is C15H11NO2. The fraction of sp³-hybridized carbons (Fsp3) is 0. The smallest absolute Gasteiger partial charge is 0.134 e. The van der Waals surface area contributed by atoms with Crippen molar-refractivity contribution < 1.29 is 9.52 Å². The molecule has 18 heavy (non-hydrogen) atoms. The number of furan rings is 1. The van der Waals surface area contributed by atoms with Crippen LogP contribution in [-0.2, 0) is 0 Å². The van der Waals surface area contributed by atoms with E-state index in [2.05, 4.69) is 4.98 Å². The minimum atomic E-state index is 0.218. The Kier molecular flexibility index (Phi) is 2.57. The van der Waals surface area contributed by atoms with E-state index in [0.29, 0.717) is 0 Å². The molecule has 0 radical (unpaired) electrons. The summed E-state index contributed by atoms with van der Waals surface area (Å²) in [6.45, 7) is 0. The second-order valence-corrected chi connectivity index (χ2v) is 3.98. The Morgan fingerprint density at radius 1 is 0.889 bits per heavy atom. The first-order valence-corrected chi connectivity index (χ1v) is 5.61. The van der Waals surface area contributed by atoms with Gasteiger partial charge < -0.3 is 9.52 Å². The molecule has 0 spiro atoms. The van der Waals surface area contributed by atoms with Crippen LogP contribution < -0.4 is 0 Å². The molecule has 0 aliphatic carbocycles. The van der Waals surface area contributed by atoms with Gasteiger partial charge in [0.05, 0.1) is 6.26 Å². The zero-order valence-electron chi connectivity index (χ0n) is 9.58. The third-order valence-corrected chi connectivity index (χ3v) is 2.74. The summed E-state index contributed by atoms with van der Waals surface area (Å²) in [6.07, 6.45) is 5.07. The van der Waals surface area contributed by atoms with E-state index in [0.717, 1.165) is 22.5 Å². The van der Waals surface area contributed by atoms with Crippen LogP contribution in [0.2, 0.25) is 0 Å². The van der Waals surface area contributed by atoms with Gasteiger partial charge in [0, 0.05) is 18.0 Å². The lowest BCUT2D eigenvalue weighted by Crippen LogP contribution is -1.81. The molecule has 3 rings (SSSR count). The molecule has 0 fully saturated rings. The number of hydrogen-bond donors (Lipinski definition) is 1. The number of pyridine rings is 1. The van der Waals surface area contributed by atoms with Crippen LogP contribution in [0.1, 0.15) is 0 Å². The van der Waals surface area contributed by atoms with Crippen molar-refractivity contribution in [3.63, 3.8) is 0 Å². The van der Waals surface area contributed by atoms with Crippen molar-refractivity contribution in [2.45, 2.75) is 0 Å². The van der Waals surface area contributed by atoms with Crippen LogP contribution in [0, 0.1) is 0 Å². The highest BCUT2D eigenvalue weighted by molar-refractivity contribution is 5.72. The molecule has 3 nitrogen and oxygen atoms in total. The Labute approximate surface area is 104 Å². The maximum absolute atomic E-state index is 9.80. The molecule has 0 saturated carbocycles. The molecule has 0 aliphatic rings. The summed E-state index contributed by atoms with van der Waals surface area (Å²) in [5, 5.41) is 9.80. The zero-order valence-corrected chi connectivity index (χ0v) is 9.58. The van der Waals surface area contributed by atoms with Crippen LogP contribution in [0.3, 0.4) is 0 Å². The molecule has 2 heterocycles. The Morgan fingerprint density at radius 2 is 1.67 bits per heavy atom. The summed E-state index contributed by atoms with van der Waals surface area (Å²) in [5.74, 6) is 0.955. The fourth-order valence-electron chi connectivity index (χ4n) is 1.91. The summed E-state index contributed by atoms with van der Waals surface area (Å²) in [4.78, 5) is 3.98. The van der Waals surface area contributed by atoms with Crippen LogP contribution in [0.25, 0.3) is 22.5 Å². The molecular weight excluding hydrogens is 226 g/mol. The predicted octanol–water partition coefficient (Wildman–Crippen LogP) is 3.71. The van der Waals surface area contributed by atoms with Crippen molar-refractivity contribution in [2.24, 2.45) is 0 Å². The average molecular weight is 237 g/mol. The topological polar surface area (TPSA) is 46.3 Å². The van der Waals surface area contributed by atoms with Gasteiger partial charge in [0.25, 0.3) is 0 Å². The SMILES string of the molecule is Oc1cc(-c2ccncc2)cc(-c2ccco2)c1. The Morgan fingerprint density at radius 3 is 2.39 bits per heavy atom. The number of benzene rings is 1. The summed E-state index contributed by atoms with van der Waals surface area (Å²) in [5.41, 5.74) is 2.80. The van der Waals surface area contributed by atoms with Gasteiger partial charge in [-0.25, -0.2) is 0 Å². The molecule has 0 unspecified atom stereocenters. The highest BCUT2D eigenvalue weighted by Gasteiger charge is 2.06. The highest BCUT2D eigenvalue weighted by Crippen LogP contribution is 2.30. The van der Waals surface area contributed by atoms with Gasteiger partial charge in [-0.2, -0.15) is 0 Å². The quantitative estimate of drug-likeness (QED) is 0.739. The Bertz CT molecular complexity index is 646. The normalized spacial score (nSPS) is 10.4. The van der Waals surface area contributed by atoms with E-state index < -0.39 is 0 Å². The van der Waals surface area contributed by atoms with Gasteiger partial charge in [-0.15, -0.1) is 0 Å². The number of aromatic hydroxyl groups is 1. The number of rotatable bonds is 2. The molecule has 0 amide bonds. The molecule has 88 valence electrons. The fourth-order valence-corrected chi connectivity index (χ4v) is 1.91. The summed E-state index contributed by atoms with van der Waals surface area (Å²) in [7, 11) is 0. The van der Waals surface area contributed by atoms with Crippen molar-refractivity contribution in [3.05, 3.63) is 61.1 Å². The molecule has 1 aromatic carbocycles. The monoisotopic (exact) mass is 237 g/mol. The second-order valence-electron chi connectivity index (χ2n) is 3.98. The van der Waals surface area contributed by atoms with E-state index in [1.54, 1.807) is 30.8 Å². The standard InChI is InChI=1S/C15H11NO2/c17-14-9-12(11-3-5-16-6-4-11)8-13(10-14)15-2-1-7-18-15/h1-10,17H. The van der Waals surface area contributed by atoms with Gasteiger partial charge in [0.15, 0.2) is 0 Å². The van der Waals surface area contributed by atoms with Gasteiger partial charge in [0.1, 0.15) is 11.5 Å². The van der Waals surface area contributed by atoms with E-state index in [-0.39, 0.29) is 5.75 Å². The van der Waals surface area contributed by atoms with Crippen LogP contribution >= 0.6 is 0 Å². The maximum atomic E-state index is 9.80. The lowest BCUT2D eigenvalue weighted by Gasteiger charge is -2.05. The van der Waals surface area contributed by atoms with E-state index in [1.165, 1.54) is 0 Å². The largest absolute Gasteiger partial charge is 0.508 e. The number of phenolic OH excluding ortho intramolecular Hbond substituents is 1. The Balaban J connectivity index is 2.12. The molecule has 0 aliphatic heterocycles. The molecule has 1 N–H and O–H groups in total. The predicted molar refractivity (Wildman–Crippen MR) is 69.0 cm³/mol. The first-order chi connectivity index (χ1) is 8.83. The van der Waals surface area contributed by atoms with E-state index in [9.17, 15) is 5.11 Å². The number of phenols is 1. The average Bonchev–Trinajstić information content (AvgIpc) is 2.93. The van der Waals surface area contributed by atoms with Crippen LogP contribution in [0.5, 0.6) is 5.75 Å². The number of aromatic nitrogens is 1. The molecule has 0 atom stereocenters. The summed E-state index contributed by atoms with van der Waals surface area (Å²) < 4.78 is 5.34. The highest BCUT2D eigenvalue weighted by atomic mass is 16.3. The summed E-state index contributed by atoms with van der Waals surface area (Å²) >= 11 is 0. The van der Waals surface area contributed by atoms with Crippen molar-refractivity contribution >= 4 is 0 Å². The molecule has 0 saturated heterocycles. The van der Waals surface area contributed by atoms with Gasteiger partial charge in [0.2, 0.25) is 0 Å². The van der Waals surface area contributed by atoms with Crippen molar-refractivity contribution in [1.82, 2.24) is 4.98 Å². The van der Waals surface area contributed by atoms with E-state index in [1.807, 2.05) is 30.3 Å². The Hall–Kier alpha value is -2.55. The summed E-state index contributed by atoms with van der Waals surface area (Å²) in [6, 6.07) is 12.9. The maximum Gasteiger partial charge on any atom is 0.134 e. The van der Waals surface area contributed by atoms with E-state index in [4.69, 9.17) is 4.42 Å². The van der Waals surface area contributed by atoms with Crippen molar-refractivity contribution in [1.29, 1.82) is 0 Å². The third kappa shape index (κ3) is 1.98. The van der Waals surface area contributed by atoms with Crippen molar-refractivity contribution in [3.8, 4) is 28.2 Å². The molecule has 3 aromatic rings. The van der Waals surface area contributed by atoms with Crippen LogP contribution in [0.15, 0.2) is 65.5 Å². The lowest BCUT2D eigenvalue weighted by molar-refractivity contribution is 0.475. The van der Waals surface area contributed by atoms with Gasteiger partial charge in [-0.1, -0.05) is 0 Å². The van der Waals surface area contributed by atoms with Crippen molar-refractivity contribution in [2.75, 3.05) is 0 Å². The molecule has 0 bridgehead atoms. The number of hydrogen-bond acceptors (Lipinski definition) is 3. The minimum absolute atomic E-state index is 0.218.